The lowest BCUT2D eigenvalue weighted by molar-refractivity contribution is -0.0890. The Bertz CT molecular complexity index is 278. The Hall–Kier alpha value is -0.0800. The molecule has 2 heteroatoms. The van der Waals surface area contributed by atoms with Gasteiger partial charge in [0.25, 0.3) is 0 Å². The normalized spacial score (nSPS) is 12.8. The average Bonchev–Trinajstić information content (AvgIpc) is 2.68. The van der Waals surface area contributed by atoms with E-state index in [0.717, 1.165) is 25.7 Å². The summed E-state index contributed by atoms with van der Waals surface area (Å²) in [5.74, 6) is 0.100. The second kappa shape index (κ2) is 23.2. The van der Waals surface area contributed by atoms with Gasteiger partial charge in [0.2, 0.25) is 0 Å². The molecule has 28 heavy (non-hydrogen) atoms. The summed E-state index contributed by atoms with van der Waals surface area (Å²) >= 11 is 0. The van der Waals surface area contributed by atoms with Gasteiger partial charge in [-0.05, 0) is 12.8 Å². The molecule has 0 heterocycles. The minimum absolute atomic E-state index is 0.100. The van der Waals surface area contributed by atoms with E-state index in [1.807, 2.05) is 0 Å². The summed E-state index contributed by atoms with van der Waals surface area (Å²) < 4.78 is 0. The fraction of sp³-hybridized carbons (Fsp3) is 1.00. The summed E-state index contributed by atoms with van der Waals surface area (Å²) in [6.07, 6.45) is 27.7. The first kappa shape index (κ1) is 27.9. The second-order valence-electron chi connectivity index (χ2n) is 9.12. The summed E-state index contributed by atoms with van der Waals surface area (Å²) in [5.41, 5.74) is 0. The van der Waals surface area contributed by atoms with Gasteiger partial charge in [0.05, 0.1) is 0 Å². The van der Waals surface area contributed by atoms with E-state index in [1.54, 1.807) is 0 Å². The highest BCUT2D eigenvalue weighted by molar-refractivity contribution is 4.62. The van der Waals surface area contributed by atoms with Crippen LogP contribution in [0, 0.1) is 5.92 Å². The highest BCUT2D eigenvalue weighted by Crippen LogP contribution is 2.21. The van der Waals surface area contributed by atoms with Crippen molar-refractivity contribution in [2.75, 3.05) is 0 Å². The van der Waals surface area contributed by atoms with Crippen molar-refractivity contribution in [1.82, 2.24) is 0 Å². The highest BCUT2D eigenvalue weighted by Gasteiger charge is 2.15. The van der Waals surface area contributed by atoms with E-state index in [0.29, 0.717) is 0 Å². The van der Waals surface area contributed by atoms with Gasteiger partial charge in [0, 0.05) is 5.92 Å². The SMILES string of the molecule is CCCCCCCCCCCCCC(CCCCCCCCCCC)C(O)O. The molecule has 0 bridgehead atoms. The van der Waals surface area contributed by atoms with Crippen LogP contribution in [0.4, 0.5) is 0 Å². The standard InChI is InChI=1S/C26H54O2/c1-3-5-7-9-11-13-14-16-18-20-22-24-25(26(27)28)23-21-19-17-15-12-10-8-6-4-2/h25-28H,3-24H2,1-2H3. The summed E-state index contributed by atoms with van der Waals surface area (Å²) in [6.45, 7) is 4.54. The van der Waals surface area contributed by atoms with E-state index in [-0.39, 0.29) is 5.92 Å². The Labute approximate surface area is 177 Å². The smallest absolute Gasteiger partial charge is 0.154 e. The van der Waals surface area contributed by atoms with Gasteiger partial charge in [-0.3, -0.25) is 0 Å². The topological polar surface area (TPSA) is 40.5 Å². The zero-order valence-electron chi connectivity index (χ0n) is 19.6. The summed E-state index contributed by atoms with van der Waals surface area (Å²) in [5, 5.41) is 19.3. The van der Waals surface area contributed by atoms with Crippen LogP contribution in [0.5, 0.6) is 0 Å². The van der Waals surface area contributed by atoms with Crippen molar-refractivity contribution in [2.45, 2.75) is 161 Å². The van der Waals surface area contributed by atoms with Crippen LogP contribution < -0.4 is 0 Å². The molecule has 1 unspecified atom stereocenters. The van der Waals surface area contributed by atoms with Crippen LogP contribution in [0.3, 0.4) is 0 Å². The van der Waals surface area contributed by atoms with Gasteiger partial charge in [-0.15, -0.1) is 0 Å². The quantitative estimate of drug-likeness (QED) is 0.134. The lowest BCUT2D eigenvalue weighted by Crippen LogP contribution is -2.19. The number of hydrogen-bond donors (Lipinski definition) is 2. The van der Waals surface area contributed by atoms with Crippen LogP contribution in [0.15, 0.2) is 0 Å². The molecular formula is C26H54O2. The van der Waals surface area contributed by atoms with Crippen molar-refractivity contribution in [1.29, 1.82) is 0 Å². The van der Waals surface area contributed by atoms with Crippen LogP contribution in [0.2, 0.25) is 0 Å². The summed E-state index contributed by atoms with van der Waals surface area (Å²) in [7, 11) is 0. The molecule has 0 radical (unpaired) electrons. The molecule has 1 atom stereocenters. The molecule has 0 aromatic heterocycles. The van der Waals surface area contributed by atoms with Crippen molar-refractivity contribution in [2.24, 2.45) is 5.92 Å². The predicted octanol–water partition coefficient (Wildman–Crippen LogP) is 8.54. The first-order valence-electron chi connectivity index (χ1n) is 13.1. The van der Waals surface area contributed by atoms with Crippen LogP contribution in [-0.2, 0) is 0 Å². The third-order valence-corrected chi connectivity index (χ3v) is 6.28. The number of aliphatic hydroxyl groups is 2. The van der Waals surface area contributed by atoms with Gasteiger partial charge in [-0.1, -0.05) is 142 Å². The van der Waals surface area contributed by atoms with Crippen molar-refractivity contribution >= 4 is 0 Å². The lowest BCUT2D eigenvalue weighted by atomic mass is 9.93. The molecular weight excluding hydrogens is 344 g/mol. The third kappa shape index (κ3) is 20.6. The average molecular weight is 399 g/mol. The largest absolute Gasteiger partial charge is 0.368 e. The van der Waals surface area contributed by atoms with E-state index in [2.05, 4.69) is 13.8 Å². The molecule has 0 saturated heterocycles. The molecule has 0 amide bonds. The Morgan fingerprint density at radius 1 is 0.393 bits per heavy atom. The fourth-order valence-corrected chi connectivity index (χ4v) is 4.23. The van der Waals surface area contributed by atoms with Crippen LogP contribution in [-0.4, -0.2) is 16.5 Å². The van der Waals surface area contributed by atoms with Gasteiger partial charge in [0.15, 0.2) is 6.29 Å². The molecule has 0 rings (SSSR count). The van der Waals surface area contributed by atoms with E-state index in [1.165, 1.54) is 116 Å². The Morgan fingerprint density at radius 2 is 0.643 bits per heavy atom. The summed E-state index contributed by atoms with van der Waals surface area (Å²) in [6, 6.07) is 0. The zero-order chi connectivity index (χ0) is 20.7. The molecule has 2 N–H and O–H groups in total. The maximum absolute atomic E-state index is 9.65. The molecule has 0 aromatic rings. The monoisotopic (exact) mass is 398 g/mol. The van der Waals surface area contributed by atoms with Gasteiger partial charge in [-0.2, -0.15) is 0 Å². The van der Waals surface area contributed by atoms with Crippen molar-refractivity contribution in [3.63, 3.8) is 0 Å². The van der Waals surface area contributed by atoms with Gasteiger partial charge in [0.1, 0.15) is 0 Å². The Balaban J connectivity index is 3.43. The molecule has 0 aromatic carbocycles. The van der Waals surface area contributed by atoms with Gasteiger partial charge >= 0.3 is 0 Å². The molecule has 2 nitrogen and oxygen atoms in total. The zero-order valence-corrected chi connectivity index (χ0v) is 19.6. The molecule has 0 fully saturated rings. The lowest BCUT2D eigenvalue weighted by Gasteiger charge is -2.18. The molecule has 0 aliphatic carbocycles. The number of rotatable bonds is 23. The van der Waals surface area contributed by atoms with E-state index in [9.17, 15) is 10.2 Å². The molecule has 0 saturated carbocycles. The minimum atomic E-state index is -1.11. The van der Waals surface area contributed by atoms with Crippen LogP contribution in [0.25, 0.3) is 0 Å². The van der Waals surface area contributed by atoms with Gasteiger partial charge < -0.3 is 10.2 Å². The van der Waals surface area contributed by atoms with Crippen molar-refractivity contribution < 1.29 is 10.2 Å². The predicted molar refractivity (Wildman–Crippen MR) is 125 cm³/mol. The van der Waals surface area contributed by atoms with E-state index < -0.39 is 6.29 Å². The Morgan fingerprint density at radius 3 is 0.893 bits per heavy atom. The maximum Gasteiger partial charge on any atom is 0.154 e. The number of unbranched alkanes of at least 4 members (excludes halogenated alkanes) is 18. The molecule has 0 aliphatic rings. The highest BCUT2D eigenvalue weighted by atomic mass is 16.5. The molecule has 0 aliphatic heterocycles. The maximum atomic E-state index is 9.65. The fourth-order valence-electron chi connectivity index (χ4n) is 4.23. The van der Waals surface area contributed by atoms with E-state index in [4.69, 9.17) is 0 Å². The van der Waals surface area contributed by atoms with Crippen LogP contribution >= 0.6 is 0 Å². The van der Waals surface area contributed by atoms with Crippen molar-refractivity contribution in [3.8, 4) is 0 Å². The summed E-state index contributed by atoms with van der Waals surface area (Å²) in [4.78, 5) is 0. The second-order valence-corrected chi connectivity index (χ2v) is 9.12. The van der Waals surface area contributed by atoms with Crippen molar-refractivity contribution in [3.05, 3.63) is 0 Å². The molecule has 170 valence electrons. The number of aliphatic hydroxyl groups excluding tert-OH is 1. The number of hydrogen-bond acceptors (Lipinski definition) is 2. The molecule has 0 spiro atoms. The first-order chi connectivity index (χ1) is 13.7. The van der Waals surface area contributed by atoms with Crippen LogP contribution in [0.1, 0.15) is 155 Å². The minimum Gasteiger partial charge on any atom is -0.368 e. The van der Waals surface area contributed by atoms with Gasteiger partial charge in [-0.25, -0.2) is 0 Å². The first-order valence-corrected chi connectivity index (χ1v) is 13.1. The third-order valence-electron chi connectivity index (χ3n) is 6.28. The Kier molecular flexibility index (Phi) is 23.1. The van der Waals surface area contributed by atoms with E-state index >= 15 is 0 Å².